The molecule has 0 spiro atoms. The summed E-state index contributed by atoms with van der Waals surface area (Å²) < 4.78 is 5.37. The highest BCUT2D eigenvalue weighted by Gasteiger charge is 2.11. The number of benzene rings is 2. The average Bonchev–Trinajstić information content (AvgIpc) is 2.47. The van der Waals surface area contributed by atoms with E-state index < -0.39 is 5.97 Å². The highest BCUT2D eigenvalue weighted by atomic mass is 16.5. The Morgan fingerprint density at radius 2 is 1.71 bits per heavy atom. The van der Waals surface area contributed by atoms with Crippen LogP contribution in [-0.4, -0.2) is 16.9 Å². The van der Waals surface area contributed by atoms with Crippen molar-refractivity contribution in [1.29, 1.82) is 0 Å². The molecule has 0 amide bonds. The van der Waals surface area contributed by atoms with Gasteiger partial charge in [0.05, 0.1) is 5.56 Å². The van der Waals surface area contributed by atoms with Crippen molar-refractivity contribution in [2.45, 2.75) is 19.8 Å². The van der Waals surface area contributed by atoms with Crippen LogP contribution < -0.4 is 4.74 Å². The first-order chi connectivity index (χ1) is 10.1. The Morgan fingerprint density at radius 1 is 1.05 bits per heavy atom. The second-order valence-electron chi connectivity index (χ2n) is 4.75. The Morgan fingerprint density at radius 3 is 2.38 bits per heavy atom. The number of ether oxygens (including phenoxy) is 1. The molecule has 0 radical (unpaired) electrons. The fourth-order valence-corrected chi connectivity index (χ4v) is 1.88. The summed E-state index contributed by atoms with van der Waals surface area (Å²) in [6, 6.07) is 13.0. The van der Waals surface area contributed by atoms with Crippen LogP contribution in [0.1, 0.15) is 29.3 Å². The number of Topliss-reactive ketones (excluding diaryl/α,β-unsaturated/α-hetero) is 1. The number of phenolic OH excluding ortho intramolecular Hbond substituents is 1. The molecule has 0 saturated carbocycles. The van der Waals surface area contributed by atoms with E-state index >= 15 is 0 Å². The standard InChI is InChI=1S/C17H16O4/c1-12(18)6-7-13-4-2-3-5-16(13)21-17(20)14-8-10-15(19)11-9-14/h2-5,8-11,19H,6-7H2,1H3. The van der Waals surface area contributed by atoms with E-state index in [4.69, 9.17) is 4.74 Å². The number of hydrogen-bond donors (Lipinski definition) is 1. The summed E-state index contributed by atoms with van der Waals surface area (Å²) in [5.74, 6) is 0.144. The number of carbonyl (C=O) groups is 2. The van der Waals surface area contributed by atoms with E-state index in [0.29, 0.717) is 24.2 Å². The first-order valence-corrected chi connectivity index (χ1v) is 6.65. The molecule has 0 aliphatic heterocycles. The van der Waals surface area contributed by atoms with Crippen molar-refractivity contribution in [1.82, 2.24) is 0 Å². The number of aryl methyl sites for hydroxylation is 1. The Balaban J connectivity index is 2.13. The van der Waals surface area contributed by atoms with Gasteiger partial charge in [0.15, 0.2) is 0 Å². The zero-order valence-electron chi connectivity index (χ0n) is 11.7. The van der Waals surface area contributed by atoms with Gasteiger partial charge in [-0.2, -0.15) is 0 Å². The molecule has 0 aromatic heterocycles. The minimum absolute atomic E-state index is 0.0911. The van der Waals surface area contributed by atoms with E-state index in [1.807, 2.05) is 12.1 Å². The normalized spacial score (nSPS) is 10.1. The van der Waals surface area contributed by atoms with Crippen LogP contribution in [0.5, 0.6) is 11.5 Å². The molecule has 0 atom stereocenters. The summed E-state index contributed by atoms with van der Waals surface area (Å²) in [6.45, 7) is 1.53. The number of carbonyl (C=O) groups excluding carboxylic acids is 2. The second-order valence-corrected chi connectivity index (χ2v) is 4.75. The second kappa shape index (κ2) is 6.70. The van der Waals surface area contributed by atoms with Crippen molar-refractivity contribution in [3.05, 3.63) is 59.7 Å². The van der Waals surface area contributed by atoms with Crippen LogP contribution in [0.15, 0.2) is 48.5 Å². The first kappa shape index (κ1) is 14.8. The molecule has 1 N–H and O–H groups in total. The SMILES string of the molecule is CC(=O)CCc1ccccc1OC(=O)c1ccc(O)cc1. The van der Waals surface area contributed by atoms with Gasteiger partial charge < -0.3 is 14.6 Å². The zero-order valence-corrected chi connectivity index (χ0v) is 11.7. The number of para-hydroxylation sites is 1. The molecule has 4 nitrogen and oxygen atoms in total. The number of rotatable bonds is 5. The van der Waals surface area contributed by atoms with Gasteiger partial charge in [-0.25, -0.2) is 4.79 Å². The lowest BCUT2D eigenvalue weighted by Gasteiger charge is -2.09. The molecule has 0 aliphatic carbocycles. The van der Waals surface area contributed by atoms with E-state index in [0.717, 1.165) is 5.56 Å². The van der Waals surface area contributed by atoms with E-state index in [2.05, 4.69) is 0 Å². The summed E-state index contributed by atoms with van der Waals surface area (Å²) in [5, 5.41) is 9.21. The molecular formula is C17H16O4. The molecule has 0 heterocycles. The number of esters is 1. The van der Waals surface area contributed by atoms with Gasteiger partial charge in [-0.05, 0) is 49.2 Å². The number of aromatic hydroxyl groups is 1. The third-order valence-electron chi connectivity index (χ3n) is 3.02. The summed E-state index contributed by atoms with van der Waals surface area (Å²) in [7, 11) is 0. The van der Waals surface area contributed by atoms with Crippen LogP contribution in [0, 0.1) is 0 Å². The fraction of sp³-hybridized carbons (Fsp3) is 0.176. The largest absolute Gasteiger partial charge is 0.508 e. The Kier molecular flexibility index (Phi) is 4.72. The van der Waals surface area contributed by atoms with Crippen molar-refractivity contribution in [2.24, 2.45) is 0 Å². The van der Waals surface area contributed by atoms with Gasteiger partial charge in [0.25, 0.3) is 0 Å². The molecule has 0 saturated heterocycles. The number of ketones is 1. The molecule has 0 fully saturated rings. The fourth-order valence-electron chi connectivity index (χ4n) is 1.88. The summed E-state index contributed by atoms with van der Waals surface area (Å²) in [4.78, 5) is 23.1. The maximum absolute atomic E-state index is 12.0. The maximum Gasteiger partial charge on any atom is 0.343 e. The van der Waals surface area contributed by atoms with Crippen molar-refractivity contribution in [3.63, 3.8) is 0 Å². The lowest BCUT2D eigenvalue weighted by atomic mass is 10.1. The molecule has 2 aromatic rings. The van der Waals surface area contributed by atoms with Gasteiger partial charge in [0.2, 0.25) is 0 Å². The lowest BCUT2D eigenvalue weighted by Crippen LogP contribution is -2.10. The van der Waals surface area contributed by atoms with Crippen LogP contribution in [0.3, 0.4) is 0 Å². The molecule has 0 unspecified atom stereocenters. The highest BCUT2D eigenvalue weighted by molar-refractivity contribution is 5.91. The minimum atomic E-state index is -0.495. The van der Waals surface area contributed by atoms with Gasteiger partial charge >= 0.3 is 5.97 Å². The Bertz CT molecular complexity index is 644. The highest BCUT2D eigenvalue weighted by Crippen LogP contribution is 2.21. The van der Waals surface area contributed by atoms with E-state index in [-0.39, 0.29) is 11.5 Å². The van der Waals surface area contributed by atoms with Gasteiger partial charge in [0, 0.05) is 6.42 Å². The molecule has 21 heavy (non-hydrogen) atoms. The molecule has 4 heteroatoms. The van der Waals surface area contributed by atoms with Crippen molar-refractivity contribution >= 4 is 11.8 Å². The maximum atomic E-state index is 12.0. The van der Waals surface area contributed by atoms with Gasteiger partial charge in [-0.1, -0.05) is 18.2 Å². The minimum Gasteiger partial charge on any atom is -0.508 e. The molecule has 0 bridgehead atoms. The van der Waals surface area contributed by atoms with Crippen LogP contribution >= 0.6 is 0 Å². The number of hydrogen-bond acceptors (Lipinski definition) is 4. The summed E-state index contributed by atoms with van der Waals surface area (Å²) in [6.07, 6.45) is 0.947. The monoisotopic (exact) mass is 284 g/mol. The van der Waals surface area contributed by atoms with Gasteiger partial charge in [-0.15, -0.1) is 0 Å². The number of phenols is 1. The summed E-state index contributed by atoms with van der Waals surface area (Å²) in [5.41, 5.74) is 1.17. The topological polar surface area (TPSA) is 63.6 Å². The van der Waals surface area contributed by atoms with Crippen molar-refractivity contribution in [2.75, 3.05) is 0 Å². The van der Waals surface area contributed by atoms with Gasteiger partial charge in [-0.3, -0.25) is 0 Å². The van der Waals surface area contributed by atoms with Crippen LogP contribution in [-0.2, 0) is 11.2 Å². The molecule has 0 aliphatic rings. The predicted octanol–water partition coefficient (Wildman–Crippen LogP) is 3.13. The van der Waals surface area contributed by atoms with E-state index in [1.165, 1.54) is 31.2 Å². The molecule has 108 valence electrons. The van der Waals surface area contributed by atoms with E-state index in [1.54, 1.807) is 12.1 Å². The Hall–Kier alpha value is -2.62. The summed E-state index contributed by atoms with van der Waals surface area (Å²) >= 11 is 0. The lowest BCUT2D eigenvalue weighted by molar-refractivity contribution is -0.116. The van der Waals surface area contributed by atoms with Crippen LogP contribution in [0.4, 0.5) is 0 Å². The molecule has 2 aromatic carbocycles. The first-order valence-electron chi connectivity index (χ1n) is 6.65. The zero-order chi connectivity index (χ0) is 15.2. The quantitative estimate of drug-likeness (QED) is 0.676. The molecule has 2 rings (SSSR count). The van der Waals surface area contributed by atoms with Crippen LogP contribution in [0.2, 0.25) is 0 Å². The van der Waals surface area contributed by atoms with Crippen molar-refractivity contribution in [3.8, 4) is 11.5 Å². The predicted molar refractivity (Wildman–Crippen MR) is 78.5 cm³/mol. The van der Waals surface area contributed by atoms with Crippen LogP contribution in [0.25, 0.3) is 0 Å². The van der Waals surface area contributed by atoms with Gasteiger partial charge in [0.1, 0.15) is 17.3 Å². The Labute approximate surface area is 123 Å². The molecular weight excluding hydrogens is 268 g/mol. The smallest absolute Gasteiger partial charge is 0.343 e. The van der Waals surface area contributed by atoms with E-state index in [9.17, 15) is 14.7 Å². The average molecular weight is 284 g/mol. The van der Waals surface area contributed by atoms with Crippen molar-refractivity contribution < 1.29 is 19.4 Å². The third kappa shape index (κ3) is 4.18. The third-order valence-corrected chi connectivity index (χ3v) is 3.02.